The van der Waals surface area contributed by atoms with E-state index in [1.165, 1.54) is 11.8 Å². The Balaban J connectivity index is 1.35. The van der Waals surface area contributed by atoms with Gasteiger partial charge in [-0.15, -0.1) is 5.10 Å². The van der Waals surface area contributed by atoms with Gasteiger partial charge in [-0.3, -0.25) is 9.69 Å². The molecule has 3 aromatic carbocycles. The van der Waals surface area contributed by atoms with Gasteiger partial charge in [0.15, 0.2) is 5.17 Å². The number of amidine groups is 1. The summed E-state index contributed by atoms with van der Waals surface area (Å²) in [4.78, 5) is 15.4. The molecule has 2 heterocycles. The Morgan fingerprint density at radius 2 is 1.53 bits per heavy atom. The highest BCUT2D eigenvalue weighted by Crippen LogP contribution is 2.34. The van der Waals surface area contributed by atoms with Crippen LogP contribution in [0.5, 0.6) is 0 Å². The first-order chi connectivity index (χ1) is 17.8. The summed E-state index contributed by atoms with van der Waals surface area (Å²) in [5, 5.41) is 9.01. The van der Waals surface area contributed by atoms with Crippen LogP contribution in [0.2, 0.25) is 0 Å². The van der Waals surface area contributed by atoms with E-state index in [4.69, 9.17) is 4.42 Å². The van der Waals surface area contributed by atoms with E-state index in [1.54, 1.807) is 23.4 Å². The van der Waals surface area contributed by atoms with E-state index in [0.29, 0.717) is 15.8 Å². The zero-order valence-corrected chi connectivity index (χ0v) is 20.2. The third kappa shape index (κ3) is 5.79. The minimum Gasteiger partial charge on any atom is -0.467 e. The highest BCUT2D eigenvalue weighted by atomic mass is 32.2. The fourth-order valence-corrected chi connectivity index (χ4v) is 4.61. The average molecular weight is 490 g/mol. The van der Waals surface area contributed by atoms with Gasteiger partial charge in [-0.25, -0.2) is 0 Å². The van der Waals surface area contributed by atoms with Gasteiger partial charge in [0.25, 0.3) is 5.91 Å². The van der Waals surface area contributed by atoms with E-state index in [-0.39, 0.29) is 12.5 Å². The molecular weight excluding hydrogens is 466 g/mol. The molecule has 0 saturated carbocycles. The molecule has 1 amide bonds. The van der Waals surface area contributed by atoms with Crippen molar-refractivity contribution in [3.05, 3.63) is 131 Å². The molecule has 1 aliphatic heterocycles. The van der Waals surface area contributed by atoms with E-state index in [0.717, 1.165) is 22.3 Å². The Kier molecular flexibility index (Phi) is 7.35. The topological polar surface area (TPSA) is 58.2 Å². The molecule has 1 aliphatic rings. The summed E-state index contributed by atoms with van der Waals surface area (Å²) in [6, 6.07) is 31.9. The molecule has 1 fully saturated rings. The molecular formula is C30H23N3O2S. The summed E-state index contributed by atoms with van der Waals surface area (Å²) >= 11 is 1.31. The normalized spacial score (nSPS) is 16.2. The number of hydrogen-bond donors (Lipinski definition) is 0. The molecule has 1 saturated heterocycles. The maximum Gasteiger partial charge on any atom is 0.267 e. The Morgan fingerprint density at radius 3 is 2.25 bits per heavy atom. The summed E-state index contributed by atoms with van der Waals surface area (Å²) in [5.41, 5.74) is 4.30. The number of rotatable bonds is 7. The predicted octanol–water partition coefficient (Wildman–Crippen LogP) is 7.12. The van der Waals surface area contributed by atoms with E-state index in [1.807, 2.05) is 85.0 Å². The van der Waals surface area contributed by atoms with Gasteiger partial charge in [0.2, 0.25) is 0 Å². The van der Waals surface area contributed by atoms with Crippen LogP contribution in [0, 0.1) is 0 Å². The van der Waals surface area contributed by atoms with Gasteiger partial charge in [-0.1, -0.05) is 91.0 Å². The lowest BCUT2D eigenvalue weighted by Gasteiger charge is -2.12. The summed E-state index contributed by atoms with van der Waals surface area (Å²) in [6.07, 6.45) is 8.86. The van der Waals surface area contributed by atoms with Gasteiger partial charge in [0.1, 0.15) is 5.76 Å². The zero-order chi connectivity index (χ0) is 24.6. The lowest BCUT2D eigenvalue weighted by atomic mass is 10.0. The molecule has 4 aromatic rings. The number of hydrogen-bond acceptors (Lipinski definition) is 5. The van der Waals surface area contributed by atoms with Crippen molar-refractivity contribution in [2.75, 3.05) is 0 Å². The third-order valence-corrected chi connectivity index (χ3v) is 6.48. The second-order valence-corrected chi connectivity index (χ2v) is 9.00. The first-order valence-corrected chi connectivity index (χ1v) is 12.3. The molecule has 0 aliphatic carbocycles. The lowest BCUT2D eigenvalue weighted by molar-refractivity contribution is -0.122. The summed E-state index contributed by atoms with van der Waals surface area (Å²) in [5.74, 6) is 0.551. The van der Waals surface area contributed by atoms with E-state index < -0.39 is 0 Å². The van der Waals surface area contributed by atoms with Crippen LogP contribution in [0.15, 0.2) is 129 Å². The van der Waals surface area contributed by atoms with Crippen molar-refractivity contribution in [3.63, 3.8) is 0 Å². The van der Waals surface area contributed by atoms with Crippen molar-refractivity contribution >= 4 is 41.2 Å². The first kappa shape index (κ1) is 23.3. The van der Waals surface area contributed by atoms with E-state index in [9.17, 15) is 4.79 Å². The number of amides is 1. The third-order valence-electron chi connectivity index (χ3n) is 5.48. The molecule has 0 unspecified atom stereocenters. The number of allylic oxidation sites excluding steroid dienone is 1. The number of thioether (sulfide) groups is 1. The maximum absolute atomic E-state index is 13.3. The number of carbonyl (C=O) groups is 1. The number of carbonyl (C=O) groups excluding carboxylic acids is 1. The van der Waals surface area contributed by atoms with Gasteiger partial charge < -0.3 is 4.42 Å². The maximum atomic E-state index is 13.3. The average Bonchev–Trinajstić information content (AvgIpc) is 3.54. The highest BCUT2D eigenvalue weighted by molar-refractivity contribution is 8.18. The van der Waals surface area contributed by atoms with Crippen molar-refractivity contribution in [1.82, 2.24) is 4.90 Å². The van der Waals surface area contributed by atoms with Crippen molar-refractivity contribution < 1.29 is 9.21 Å². The fourth-order valence-electron chi connectivity index (χ4n) is 3.67. The minimum absolute atomic E-state index is 0.127. The summed E-state index contributed by atoms with van der Waals surface area (Å²) < 4.78 is 5.47. The molecule has 0 atom stereocenters. The second kappa shape index (κ2) is 11.3. The molecule has 5 rings (SSSR count). The van der Waals surface area contributed by atoms with Crippen LogP contribution in [0.1, 0.15) is 16.9 Å². The highest BCUT2D eigenvalue weighted by Gasteiger charge is 2.34. The van der Waals surface area contributed by atoms with Crippen molar-refractivity contribution in [2.45, 2.75) is 6.54 Å². The number of benzene rings is 3. The quantitative estimate of drug-likeness (QED) is 0.158. The van der Waals surface area contributed by atoms with Crippen LogP contribution in [0.4, 0.5) is 0 Å². The van der Waals surface area contributed by atoms with Crippen molar-refractivity contribution in [2.24, 2.45) is 10.2 Å². The second-order valence-electron chi connectivity index (χ2n) is 7.99. The lowest BCUT2D eigenvalue weighted by Crippen LogP contribution is -2.28. The Labute approximate surface area is 214 Å². The van der Waals surface area contributed by atoms with Crippen LogP contribution < -0.4 is 0 Å². The van der Waals surface area contributed by atoms with Gasteiger partial charge in [-0.2, -0.15) is 5.10 Å². The first-order valence-electron chi connectivity index (χ1n) is 11.5. The molecule has 36 heavy (non-hydrogen) atoms. The monoisotopic (exact) mass is 489 g/mol. The van der Waals surface area contributed by atoms with Crippen molar-refractivity contribution in [1.29, 1.82) is 0 Å². The largest absolute Gasteiger partial charge is 0.467 e. The molecule has 0 N–H and O–H groups in total. The van der Waals surface area contributed by atoms with Gasteiger partial charge in [0, 0.05) is 6.21 Å². The molecule has 176 valence electrons. The zero-order valence-electron chi connectivity index (χ0n) is 19.4. The number of nitrogens with zero attached hydrogens (tertiary/aromatic N) is 3. The molecule has 6 heteroatoms. The molecule has 0 spiro atoms. The van der Waals surface area contributed by atoms with Crippen LogP contribution in [0.3, 0.4) is 0 Å². The van der Waals surface area contributed by atoms with Gasteiger partial charge in [0.05, 0.1) is 17.7 Å². The molecule has 1 aromatic heterocycles. The molecule has 0 radical (unpaired) electrons. The summed E-state index contributed by atoms with van der Waals surface area (Å²) in [6.45, 7) is 0.289. The van der Waals surface area contributed by atoms with E-state index in [2.05, 4.69) is 34.5 Å². The standard InChI is InChI=1S/C30H23N3O2S/c34-29-28(21-24-15-17-26(18-16-24)25-12-5-2-6-13-25)36-30(33(29)22-27-14-8-20-35-27)32-31-19-7-11-23-9-3-1-4-10-23/h1-21H,22H2/b11-7+,28-21-,31-19+,32-30+. The Hall–Kier alpha value is -4.42. The van der Waals surface area contributed by atoms with Crippen LogP contribution in [-0.2, 0) is 11.3 Å². The fraction of sp³-hybridized carbons (Fsp3) is 0.0333. The predicted molar refractivity (Wildman–Crippen MR) is 148 cm³/mol. The van der Waals surface area contributed by atoms with E-state index >= 15 is 0 Å². The number of furan rings is 1. The Morgan fingerprint density at radius 1 is 0.806 bits per heavy atom. The van der Waals surface area contributed by atoms with Crippen molar-refractivity contribution in [3.8, 4) is 11.1 Å². The minimum atomic E-state index is -0.127. The van der Waals surface area contributed by atoms with Gasteiger partial charge in [-0.05, 0) is 58.3 Å². The SMILES string of the molecule is O=C1/C(=C/c2ccc(-c3ccccc3)cc2)S/C(=N/N=C/C=C/c2ccccc2)N1Cc1ccco1. The van der Waals surface area contributed by atoms with Crippen LogP contribution in [0.25, 0.3) is 23.3 Å². The summed E-state index contributed by atoms with van der Waals surface area (Å²) in [7, 11) is 0. The Bertz CT molecular complexity index is 1420. The van der Waals surface area contributed by atoms with Gasteiger partial charge >= 0.3 is 0 Å². The smallest absolute Gasteiger partial charge is 0.267 e. The van der Waals surface area contributed by atoms with Crippen LogP contribution in [-0.4, -0.2) is 22.2 Å². The molecule has 5 nitrogen and oxygen atoms in total. The van der Waals surface area contributed by atoms with Crippen LogP contribution >= 0.6 is 11.8 Å². The molecule has 0 bridgehead atoms.